The van der Waals surface area contributed by atoms with E-state index in [1.165, 1.54) is 6.21 Å². The van der Waals surface area contributed by atoms with Crippen molar-refractivity contribution in [3.05, 3.63) is 35.4 Å². The van der Waals surface area contributed by atoms with E-state index >= 15 is 0 Å². The molecule has 1 unspecified atom stereocenters. The van der Waals surface area contributed by atoms with Crippen molar-refractivity contribution in [3.8, 4) is 0 Å². The topological polar surface area (TPSA) is 105 Å². The summed E-state index contributed by atoms with van der Waals surface area (Å²) in [5, 5.41) is 12.3. The molecule has 6 heteroatoms. The van der Waals surface area contributed by atoms with Crippen LogP contribution in [0.2, 0.25) is 0 Å². The number of carbonyl (C=O) groups is 2. The van der Waals surface area contributed by atoms with Gasteiger partial charge in [0, 0.05) is 0 Å². The summed E-state index contributed by atoms with van der Waals surface area (Å²) < 4.78 is 0. The fourth-order valence-corrected chi connectivity index (χ4v) is 1.22. The molecule has 0 radical (unpaired) electrons. The van der Waals surface area contributed by atoms with Crippen LogP contribution in [0.3, 0.4) is 0 Å². The molecule has 1 rings (SSSR count). The molecule has 1 amide bonds. The SMILES string of the molecule is NC(Cc1ccc(/C=N/NC=O)cc1)C(=O)O. The Bertz CT molecular complexity index is 414. The molecule has 1 atom stereocenters. The van der Waals surface area contributed by atoms with Gasteiger partial charge in [0.25, 0.3) is 0 Å². The van der Waals surface area contributed by atoms with Crippen molar-refractivity contribution >= 4 is 18.6 Å². The minimum atomic E-state index is -1.02. The molecule has 17 heavy (non-hydrogen) atoms. The third-order valence-corrected chi connectivity index (χ3v) is 2.09. The molecule has 0 aliphatic rings. The van der Waals surface area contributed by atoms with Crippen LogP contribution in [0.25, 0.3) is 0 Å². The van der Waals surface area contributed by atoms with Crippen molar-refractivity contribution in [1.29, 1.82) is 0 Å². The van der Waals surface area contributed by atoms with Gasteiger partial charge in [-0.1, -0.05) is 24.3 Å². The third kappa shape index (κ3) is 4.43. The van der Waals surface area contributed by atoms with E-state index in [9.17, 15) is 9.59 Å². The Kier molecular flexibility index (Phi) is 4.83. The number of hydrazone groups is 1. The first kappa shape index (κ1) is 12.9. The van der Waals surface area contributed by atoms with Gasteiger partial charge in [-0.05, 0) is 17.5 Å². The summed E-state index contributed by atoms with van der Waals surface area (Å²) in [6, 6.07) is 6.17. The monoisotopic (exact) mass is 235 g/mol. The number of carboxylic acid groups (broad SMARTS) is 1. The lowest BCUT2D eigenvalue weighted by Gasteiger charge is -2.06. The average Bonchev–Trinajstić information content (AvgIpc) is 2.31. The van der Waals surface area contributed by atoms with Gasteiger partial charge in [0.15, 0.2) is 0 Å². The summed E-state index contributed by atoms with van der Waals surface area (Å²) >= 11 is 0. The van der Waals surface area contributed by atoms with Crippen LogP contribution in [0.15, 0.2) is 29.4 Å². The second-order valence-corrected chi connectivity index (χ2v) is 3.40. The summed E-state index contributed by atoms with van der Waals surface area (Å²) in [4.78, 5) is 20.5. The van der Waals surface area contributed by atoms with Crippen LogP contribution < -0.4 is 11.2 Å². The number of nitrogens with zero attached hydrogens (tertiary/aromatic N) is 1. The fraction of sp³-hybridized carbons (Fsp3) is 0.182. The van der Waals surface area contributed by atoms with E-state index in [-0.39, 0.29) is 6.42 Å². The highest BCUT2D eigenvalue weighted by Crippen LogP contribution is 2.05. The van der Waals surface area contributed by atoms with E-state index in [2.05, 4.69) is 10.5 Å². The van der Waals surface area contributed by atoms with Gasteiger partial charge in [0.2, 0.25) is 6.41 Å². The van der Waals surface area contributed by atoms with Crippen molar-refractivity contribution in [2.75, 3.05) is 0 Å². The first-order valence-electron chi connectivity index (χ1n) is 4.93. The zero-order valence-electron chi connectivity index (χ0n) is 9.04. The van der Waals surface area contributed by atoms with Gasteiger partial charge in [-0.15, -0.1) is 0 Å². The summed E-state index contributed by atoms with van der Waals surface area (Å²) in [5.74, 6) is -1.02. The standard InChI is InChI=1S/C11H13N3O3/c12-10(11(16)17)5-8-1-3-9(4-2-8)6-13-14-7-15/h1-4,6-7,10H,5,12H2,(H,14,15)(H,16,17)/b13-6+. The quantitative estimate of drug-likeness (QED) is 0.358. The van der Waals surface area contributed by atoms with E-state index in [0.717, 1.165) is 11.1 Å². The molecule has 6 nitrogen and oxygen atoms in total. The Morgan fingerprint density at radius 2 is 2.12 bits per heavy atom. The van der Waals surface area contributed by atoms with Gasteiger partial charge in [0.1, 0.15) is 6.04 Å². The molecule has 90 valence electrons. The molecule has 0 fully saturated rings. The van der Waals surface area contributed by atoms with Crippen molar-refractivity contribution in [3.63, 3.8) is 0 Å². The maximum absolute atomic E-state index is 10.6. The maximum Gasteiger partial charge on any atom is 0.320 e. The zero-order valence-corrected chi connectivity index (χ0v) is 9.04. The minimum Gasteiger partial charge on any atom is -0.480 e. The van der Waals surface area contributed by atoms with Crippen LogP contribution in [0.1, 0.15) is 11.1 Å². The predicted octanol–water partition coefficient (Wildman–Crippen LogP) is -0.279. The normalized spacial score (nSPS) is 12.3. The van der Waals surface area contributed by atoms with Crippen LogP contribution in [0, 0.1) is 0 Å². The third-order valence-electron chi connectivity index (χ3n) is 2.09. The Morgan fingerprint density at radius 1 is 1.47 bits per heavy atom. The second kappa shape index (κ2) is 6.39. The number of benzene rings is 1. The molecule has 0 aliphatic carbocycles. The van der Waals surface area contributed by atoms with Crippen LogP contribution >= 0.6 is 0 Å². The largest absolute Gasteiger partial charge is 0.480 e. The van der Waals surface area contributed by atoms with Crippen LogP contribution in [0.5, 0.6) is 0 Å². The van der Waals surface area contributed by atoms with E-state index in [4.69, 9.17) is 10.8 Å². The lowest BCUT2D eigenvalue weighted by Crippen LogP contribution is -2.32. The Labute approximate surface area is 98.1 Å². The highest BCUT2D eigenvalue weighted by Gasteiger charge is 2.11. The number of rotatable bonds is 6. The fourth-order valence-electron chi connectivity index (χ4n) is 1.22. The molecule has 1 aromatic rings. The zero-order chi connectivity index (χ0) is 12.7. The molecule has 0 bridgehead atoms. The molecular weight excluding hydrogens is 222 g/mol. The maximum atomic E-state index is 10.6. The Morgan fingerprint density at radius 3 is 2.65 bits per heavy atom. The molecule has 0 saturated heterocycles. The Balaban J connectivity index is 2.61. The molecular formula is C11H13N3O3. The first-order valence-corrected chi connectivity index (χ1v) is 4.93. The van der Waals surface area contributed by atoms with E-state index < -0.39 is 12.0 Å². The van der Waals surface area contributed by atoms with Crippen LogP contribution in [0.4, 0.5) is 0 Å². The van der Waals surface area contributed by atoms with E-state index in [1.807, 2.05) is 0 Å². The molecule has 0 spiro atoms. The van der Waals surface area contributed by atoms with Gasteiger partial charge in [-0.25, -0.2) is 5.43 Å². The number of carbonyl (C=O) groups excluding carboxylic acids is 1. The number of nitrogens with one attached hydrogen (secondary N) is 1. The number of carboxylic acids is 1. The van der Waals surface area contributed by atoms with Gasteiger partial charge < -0.3 is 10.8 Å². The molecule has 0 heterocycles. The summed E-state index contributed by atoms with van der Waals surface area (Å²) in [7, 11) is 0. The molecule has 0 aromatic heterocycles. The second-order valence-electron chi connectivity index (χ2n) is 3.40. The number of hydrogen-bond acceptors (Lipinski definition) is 4. The predicted molar refractivity (Wildman–Crippen MR) is 62.6 cm³/mol. The van der Waals surface area contributed by atoms with Crippen molar-refractivity contribution in [2.45, 2.75) is 12.5 Å². The van der Waals surface area contributed by atoms with Crippen LogP contribution in [-0.4, -0.2) is 29.7 Å². The lowest BCUT2D eigenvalue weighted by atomic mass is 10.1. The van der Waals surface area contributed by atoms with E-state index in [1.54, 1.807) is 24.3 Å². The average molecular weight is 235 g/mol. The molecule has 0 aliphatic heterocycles. The van der Waals surface area contributed by atoms with Gasteiger partial charge in [-0.3, -0.25) is 9.59 Å². The number of nitrogens with two attached hydrogens (primary N) is 1. The minimum absolute atomic E-state index is 0.277. The van der Waals surface area contributed by atoms with Gasteiger partial charge in [-0.2, -0.15) is 5.10 Å². The molecule has 1 aromatic carbocycles. The van der Waals surface area contributed by atoms with Crippen molar-refractivity contribution < 1.29 is 14.7 Å². The van der Waals surface area contributed by atoms with Crippen molar-refractivity contribution in [2.24, 2.45) is 10.8 Å². The number of amides is 1. The summed E-state index contributed by atoms with van der Waals surface area (Å²) in [6.45, 7) is 0. The lowest BCUT2D eigenvalue weighted by molar-refractivity contribution is -0.138. The molecule has 0 saturated carbocycles. The highest BCUT2D eigenvalue weighted by molar-refractivity contribution is 5.80. The number of aliphatic carboxylic acids is 1. The van der Waals surface area contributed by atoms with Crippen molar-refractivity contribution in [1.82, 2.24) is 5.43 Å². The first-order chi connectivity index (χ1) is 8.13. The van der Waals surface area contributed by atoms with E-state index in [0.29, 0.717) is 6.41 Å². The Hall–Kier alpha value is -2.21. The van der Waals surface area contributed by atoms with Gasteiger partial charge >= 0.3 is 5.97 Å². The van der Waals surface area contributed by atoms with Gasteiger partial charge in [0.05, 0.1) is 6.21 Å². The molecule has 4 N–H and O–H groups in total. The highest BCUT2D eigenvalue weighted by atomic mass is 16.4. The number of hydrogen-bond donors (Lipinski definition) is 3. The summed E-state index contributed by atoms with van der Waals surface area (Å²) in [5.41, 5.74) is 9.19. The van der Waals surface area contributed by atoms with Crippen LogP contribution in [-0.2, 0) is 16.0 Å². The smallest absolute Gasteiger partial charge is 0.320 e. The summed E-state index contributed by atoms with van der Waals surface area (Å²) in [6.07, 6.45) is 2.23.